The third kappa shape index (κ3) is 2.28. The molecule has 0 bridgehead atoms. The highest BCUT2D eigenvalue weighted by Crippen LogP contribution is 2.28. The Labute approximate surface area is 109 Å². The molecule has 4 heteroatoms. The van der Waals surface area contributed by atoms with Crippen LogP contribution in [0.5, 0.6) is 0 Å². The Bertz CT molecular complexity index is 522. The number of nitrogens with zero attached hydrogens (tertiary/aromatic N) is 2. The lowest BCUT2D eigenvalue weighted by Crippen LogP contribution is -2.10. The van der Waals surface area contributed by atoms with Crippen molar-refractivity contribution in [3.8, 4) is 0 Å². The molecule has 0 radical (unpaired) electrons. The van der Waals surface area contributed by atoms with Crippen molar-refractivity contribution in [2.24, 2.45) is 0 Å². The molecule has 0 saturated carbocycles. The van der Waals surface area contributed by atoms with Crippen molar-refractivity contribution in [2.75, 3.05) is 0 Å². The number of aliphatic hydroxyl groups excluding tert-OH is 1. The van der Waals surface area contributed by atoms with Gasteiger partial charge in [0.1, 0.15) is 11.9 Å². The molecule has 1 N–H and O–H groups in total. The van der Waals surface area contributed by atoms with Crippen LogP contribution in [0.4, 0.5) is 0 Å². The molecule has 1 aromatic heterocycles. The molecule has 2 aromatic rings. The van der Waals surface area contributed by atoms with Crippen LogP contribution < -0.4 is 0 Å². The second-order valence-corrected chi connectivity index (χ2v) is 4.78. The van der Waals surface area contributed by atoms with Crippen LogP contribution in [0.3, 0.4) is 0 Å². The van der Waals surface area contributed by atoms with Gasteiger partial charge in [-0.05, 0) is 31.0 Å². The zero-order chi connectivity index (χ0) is 12.4. The SMILES string of the molecule is CCn1ccnc1C(O)c1cccc(Br)c1C. The first-order valence-electron chi connectivity index (χ1n) is 5.59. The topological polar surface area (TPSA) is 38.0 Å². The predicted molar refractivity (Wildman–Crippen MR) is 70.8 cm³/mol. The summed E-state index contributed by atoms with van der Waals surface area (Å²) in [4.78, 5) is 4.23. The van der Waals surface area contributed by atoms with E-state index >= 15 is 0 Å². The molecule has 90 valence electrons. The Balaban J connectivity index is 2.44. The van der Waals surface area contributed by atoms with E-state index in [2.05, 4.69) is 20.9 Å². The van der Waals surface area contributed by atoms with Gasteiger partial charge in [0.15, 0.2) is 0 Å². The Morgan fingerprint density at radius 1 is 1.47 bits per heavy atom. The summed E-state index contributed by atoms with van der Waals surface area (Å²) in [6.07, 6.45) is 2.92. The van der Waals surface area contributed by atoms with Crippen LogP contribution in [0.15, 0.2) is 35.1 Å². The summed E-state index contributed by atoms with van der Waals surface area (Å²) in [7, 11) is 0. The number of benzene rings is 1. The molecule has 1 unspecified atom stereocenters. The van der Waals surface area contributed by atoms with E-state index in [-0.39, 0.29) is 0 Å². The molecule has 1 heterocycles. The van der Waals surface area contributed by atoms with Crippen LogP contribution in [0.25, 0.3) is 0 Å². The first-order valence-corrected chi connectivity index (χ1v) is 6.38. The van der Waals surface area contributed by atoms with Crippen molar-refractivity contribution in [1.82, 2.24) is 9.55 Å². The van der Waals surface area contributed by atoms with Gasteiger partial charge in [0, 0.05) is 23.4 Å². The van der Waals surface area contributed by atoms with E-state index in [1.807, 2.05) is 42.8 Å². The first-order chi connectivity index (χ1) is 8.15. The number of hydrogen-bond donors (Lipinski definition) is 1. The van der Waals surface area contributed by atoms with Gasteiger partial charge < -0.3 is 9.67 Å². The summed E-state index contributed by atoms with van der Waals surface area (Å²) in [5.74, 6) is 0.689. The van der Waals surface area contributed by atoms with Gasteiger partial charge in [-0.1, -0.05) is 28.1 Å². The average Bonchev–Trinajstić information content (AvgIpc) is 2.80. The summed E-state index contributed by atoms with van der Waals surface area (Å²) in [6, 6.07) is 5.83. The lowest BCUT2D eigenvalue weighted by molar-refractivity contribution is 0.204. The minimum absolute atomic E-state index is 0.678. The monoisotopic (exact) mass is 294 g/mol. The van der Waals surface area contributed by atoms with Crippen molar-refractivity contribution in [1.29, 1.82) is 0 Å². The van der Waals surface area contributed by atoms with Crippen LogP contribution in [-0.2, 0) is 6.54 Å². The molecule has 0 saturated heterocycles. The van der Waals surface area contributed by atoms with Crippen LogP contribution in [0.1, 0.15) is 30.0 Å². The highest BCUT2D eigenvalue weighted by atomic mass is 79.9. The molecule has 3 nitrogen and oxygen atoms in total. The van der Waals surface area contributed by atoms with Gasteiger partial charge in [0.05, 0.1) is 0 Å². The zero-order valence-electron chi connectivity index (χ0n) is 9.89. The molecule has 1 aromatic carbocycles. The number of hydrogen-bond acceptors (Lipinski definition) is 2. The largest absolute Gasteiger partial charge is 0.380 e. The summed E-state index contributed by atoms with van der Waals surface area (Å²) in [6.45, 7) is 4.83. The van der Waals surface area contributed by atoms with Gasteiger partial charge in [0.25, 0.3) is 0 Å². The Hall–Kier alpha value is -1.13. The molecular formula is C13H15BrN2O. The van der Waals surface area contributed by atoms with Crippen LogP contribution in [-0.4, -0.2) is 14.7 Å². The first kappa shape index (κ1) is 12.3. The summed E-state index contributed by atoms with van der Waals surface area (Å²) >= 11 is 3.47. The van der Waals surface area contributed by atoms with Crippen LogP contribution in [0, 0.1) is 6.92 Å². The van der Waals surface area contributed by atoms with E-state index < -0.39 is 6.10 Å². The lowest BCUT2D eigenvalue weighted by Gasteiger charge is -2.15. The maximum Gasteiger partial charge on any atom is 0.142 e. The maximum atomic E-state index is 10.4. The van der Waals surface area contributed by atoms with Crippen LogP contribution >= 0.6 is 15.9 Å². The second-order valence-electron chi connectivity index (χ2n) is 3.93. The molecule has 0 aliphatic rings. The van der Waals surface area contributed by atoms with Gasteiger partial charge in [-0.2, -0.15) is 0 Å². The third-order valence-electron chi connectivity index (χ3n) is 2.94. The summed E-state index contributed by atoms with van der Waals surface area (Å²) < 4.78 is 2.95. The molecule has 0 aliphatic heterocycles. The quantitative estimate of drug-likeness (QED) is 0.945. The van der Waals surface area contributed by atoms with Gasteiger partial charge in [-0.25, -0.2) is 4.98 Å². The van der Waals surface area contributed by atoms with E-state index in [0.717, 1.165) is 22.1 Å². The fraction of sp³-hybridized carbons (Fsp3) is 0.308. The maximum absolute atomic E-state index is 10.4. The minimum Gasteiger partial charge on any atom is -0.380 e. The van der Waals surface area contributed by atoms with Gasteiger partial charge in [-0.3, -0.25) is 0 Å². The number of aliphatic hydroxyl groups is 1. The second kappa shape index (κ2) is 5.02. The highest BCUT2D eigenvalue weighted by Gasteiger charge is 2.18. The summed E-state index contributed by atoms with van der Waals surface area (Å²) in [5.41, 5.74) is 1.94. The van der Waals surface area contributed by atoms with E-state index in [0.29, 0.717) is 5.82 Å². The van der Waals surface area contributed by atoms with E-state index in [1.165, 1.54) is 0 Å². The Kier molecular flexibility index (Phi) is 3.64. The number of aromatic nitrogens is 2. The van der Waals surface area contributed by atoms with Gasteiger partial charge in [0.2, 0.25) is 0 Å². The molecule has 0 amide bonds. The third-order valence-corrected chi connectivity index (χ3v) is 3.80. The van der Waals surface area contributed by atoms with E-state index in [9.17, 15) is 5.11 Å². The van der Waals surface area contributed by atoms with E-state index in [1.54, 1.807) is 6.20 Å². The molecule has 0 fully saturated rings. The zero-order valence-corrected chi connectivity index (χ0v) is 11.5. The van der Waals surface area contributed by atoms with Crippen molar-refractivity contribution in [3.05, 3.63) is 52.0 Å². The standard InChI is InChI=1S/C13H15BrN2O/c1-3-16-8-7-15-13(16)12(17)10-5-4-6-11(14)9(10)2/h4-8,12,17H,3H2,1-2H3. The van der Waals surface area contributed by atoms with Crippen molar-refractivity contribution in [2.45, 2.75) is 26.5 Å². The number of imidazole rings is 1. The highest BCUT2D eigenvalue weighted by molar-refractivity contribution is 9.10. The smallest absolute Gasteiger partial charge is 0.142 e. The van der Waals surface area contributed by atoms with Gasteiger partial charge >= 0.3 is 0 Å². The molecule has 0 spiro atoms. The molecule has 0 aliphatic carbocycles. The number of rotatable bonds is 3. The average molecular weight is 295 g/mol. The Morgan fingerprint density at radius 3 is 2.94 bits per heavy atom. The molecule has 1 atom stereocenters. The fourth-order valence-electron chi connectivity index (χ4n) is 1.90. The predicted octanol–water partition coefficient (Wildman–Crippen LogP) is 3.06. The number of aryl methyl sites for hydroxylation is 1. The van der Waals surface area contributed by atoms with Crippen LogP contribution in [0.2, 0.25) is 0 Å². The molecular weight excluding hydrogens is 280 g/mol. The molecule has 2 rings (SSSR count). The normalized spacial score (nSPS) is 12.7. The number of halogens is 1. The molecule has 17 heavy (non-hydrogen) atoms. The van der Waals surface area contributed by atoms with Crippen molar-refractivity contribution >= 4 is 15.9 Å². The fourth-order valence-corrected chi connectivity index (χ4v) is 2.28. The lowest BCUT2D eigenvalue weighted by atomic mass is 10.0. The minimum atomic E-state index is -0.678. The van der Waals surface area contributed by atoms with Gasteiger partial charge in [-0.15, -0.1) is 0 Å². The summed E-state index contributed by atoms with van der Waals surface area (Å²) in [5, 5.41) is 10.4. The van der Waals surface area contributed by atoms with Crippen molar-refractivity contribution in [3.63, 3.8) is 0 Å². The van der Waals surface area contributed by atoms with E-state index in [4.69, 9.17) is 0 Å². The Morgan fingerprint density at radius 2 is 2.24 bits per heavy atom. The van der Waals surface area contributed by atoms with Crippen molar-refractivity contribution < 1.29 is 5.11 Å².